The Hall–Kier alpha value is -2.39. The van der Waals surface area contributed by atoms with Crippen LogP contribution in [0.5, 0.6) is 0 Å². The Balaban J connectivity index is 2.26. The molecule has 0 bridgehead atoms. The van der Waals surface area contributed by atoms with Gasteiger partial charge in [-0.1, -0.05) is 6.07 Å². The zero-order valence-electron chi connectivity index (χ0n) is 10.3. The van der Waals surface area contributed by atoms with Gasteiger partial charge in [0.25, 0.3) is 5.91 Å². The second-order valence-corrected chi connectivity index (χ2v) is 4.58. The van der Waals surface area contributed by atoms with Crippen LogP contribution >= 0.6 is 0 Å². The Morgan fingerprint density at radius 1 is 1.58 bits per heavy atom. The summed E-state index contributed by atoms with van der Waals surface area (Å²) >= 11 is 0. The smallest absolute Gasteiger partial charge is 0.250 e. The third-order valence-electron chi connectivity index (χ3n) is 3.43. The molecule has 1 aromatic carbocycles. The number of hydrogen-bond donors (Lipinski definition) is 2. The highest BCUT2D eigenvalue weighted by Crippen LogP contribution is 2.26. The van der Waals surface area contributed by atoms with Crippen LogP contribution in [0.25, 0.3) is 10.9 Å². The van der Waals surface area contributed by atoms with Gasteiger partial charge in [-0.2, -0.15) is 10.4 Å². The number of carbonyl (C=O) groups is 1. The molecule has 1 amide bonds. The van der Waals surface area contributed by atoms with Crippen molar-refractivity contribution in [1.82, 2.24) is 15.1 Å². The van der Waals surface area contributed by atoms with E-state index in [0.717, 1.165) is 19.4 Å². The van der Waals surface area contributed by atoms with Gasteiger partial charge in [0.15, 0.2) is 0 Å². The maximum atomic E-state index is 11.4. The molecule has 2 aromatic rings. The van der Waals surface area contributed by atoms with Gasteiger partial charge < -0.3 is 5.73 Å². The predicted octanol–water partition coefficient (Wildman–Crippen LogP) is 0.889. The second-order valence-electron chi connectivity index (χ2n) is 4.58. The van der Waals surface area contributed by atoms with Crippen molar-refractivity contribution in [3.63, 3.8) is 0 Å². The summed E-state index contributed by atoms with van der Waals surface area (Å²) in [5.41, 5.74) is 6.67. The summed E-state index contributed by atoms with van der Waals surface area (Å²) in [7, 11) is 0. The van der Waals surface area contributed by atoms with Crippen LogP contribution in [0.3, 0.4) is 0 Å². The minimum atomic E-state index is -0.529. The number of hydrogen-bond acceptors (Lipinski definition) is 4. The number of amides is 1. The molecular formula is C13H13N5O. The number of nitrogens with zero attached hydrogens (tertiary/aromatic N) is 3. The molecule has 3 rings (SSSR count). The lowest BCUT2D eigenvalue weighted by molar-refractivity contribution is 0.100. The fraction of sp³-hybridized carbons (Fsp3) is 0.308. The van der Waals surface area contributed by atoms with Gasteiger partial charge in [-0.3, -0.25) is 10.1 Å². The van der Waals surface area contributed by atoms with E-state index < -0.39 is 5.91 Å². The lowest BCUT2D eigenvalue weighted by Crippen LogP contribution is -2.22. The van der Waals surface area contributed by atoms with E-state index >= 15 is 0 Å². The van der Waals surface area contributed by atoms with Crippen molar-refractivity contribution in [3.8, 4) is 6.07 Å². The fourth-order valence-corrected chi connectivity index (χ4v) is 2.53. The molecule has 1 fully saturated rings. The average Bonchev–Trinajstić information content (AvgIpc) is 3.04. The first-order chi connectivity index (χ1) is 9.22. The Bertz CT molecular complexity index is 691. The highest BCUT2D eigenvalue weighted by atomic mass is 16.1. The zero-order valence-corrected chi connectivity index (χ0v) is 10.3. The van der Waals surface area contributed by atoms with Gasteiger partial charge in [-0.15, -0.1) is 0 Å². The SMILES string of the molecule is N#Cc1c2cccc(C(N)=O)c2nn1C1CCCN1. The molecule has 1 aliphatic heterocycles. The molecule has 96 valence electrons. The van der Waals surface area contributed by atoms with Crippen LogP contribution in [0.15, 0.2) is 18.2 Å². The molecule has 2 heterocycles. The van der Waals surface area contributed by atoms with E-state index in [1.165, 1.54) is 0 Å². The van der Waals surface area contributed by atoms with E-state index in [-0.39, 0.29) is 6.17 Å². The summed E-state index contributed by atoms with van der Waals surface area (Å²) in [6.07, 6.45) is 1.99. The molecular weight excluding hydrogens is 242 g/mol. The summed E-state index contributed by atoms with van der Waals surface area (Å²) in [5, 5.41) is 17.7. The Morgan fingerprint density at radius 2 is 2.42 bits per heavy atom. The predicted molar refractivity (Wildman–Crippen MR) is 69.2 cm³/mol. The first-order valence-electron chi connectivity index (χ1n) is 6.17. The van der Waals surface area contributed by atoms with Crippen LogP contribution < -0.4 is 11.1 Å². The summed E-state index contributed by atoms with van der Waals surface area (Å²) in [4.78, 5) is 11.4. The summed E-state index contributed by atoms with van der Waals surface area (Å²) in [5.74, 6) is -0.529. The van der Waals surface area contributed by atoms with E-state index in [9.17, 15) is 10.1 Å². The van der Waals surface area contributed by atoms with Gasteiger partial charge in [0.05, 0.1) is 5.56 Å². The minimum absolute atomic E-state index is 0.0165. The van der Waals surface area contributed by atoms with Crippen LogP contribution in [0.2, 0.25) is 0 Å². The average molecular weight is 255 g/mol. The van der Waals surface area contributed by atoms with Gasteiger partial charge in [-0.25, -0.2) is 4.68 Å². The molecule has 0 radical (unpaired) electrons. The van der Waals surface area contributed by atoms with Crippen LogP contribution in [0.1, 0.15) is 35.1 Å². The largest absolute Gasteiger partial charge is 0.366 e. The van der Waals surface area contributed by atoms with Gasteiger partial charge in [0, 0.05) is 5.39 Å². The third-order valence-corrected chi connectivity index (χ3v) is 3.43. The van der Waals surface area contributed by atoms with Crippen LogP contribution in [0, 0.1) is 11.3 Å². The number of carbonyl (C=O) groups excluding carboxylic acids is 1. The molecule has 1 aliphatic rings. The minimum Gasteiger partial charge on any atom is -0.366 e. The first-order valence-corrected chi connectivity index (χ1v) is 6.17. The lowest BCUT2D eigenvalue weighted by Gasteiger charge is -2.11. The number of nitriles is 1. The molecule has 0 saturated carbocycles. The monoisotopic (exact) mass is 255 g/mol. The van der Waals surface area contributed by atoms with Crippen molar-refractivity contribution in [1.29, 1.82) is 5.26 Å². The van der Waals surface area contributed by atoms with E-state index in [1.807, 2.05) is 0 Å². The molecule has 1 unspecified atom stereocenters. The number of rotatable bonds is 2. The number of fused-ring (bicyclic) bond motifs is 1. The van der Waals surface area contributed by atoms with Gasteiger partial charge in [0.1, 0.15) is 23.4 Å². The van der Waals surface area contributed by atoms with Crippen LogP contribution in [-0.2, 0) is 0 Å². The van der Waals surface area contributed by atoms with Crippen molar-refractivity contribution in [3.05, 3.63) is 29.5 Å². The second kappa shape index (κ2) is 4.37. The summed E-state index contributed by atoms with van der Waals surface area (Å²) < 4.78 is 1.67. The summed E-state index contributed by atoms with van der Waals surface area (Å²) in [6.45, 7) is 0.911. The van der Waals surface area contributed by atoms with Crippen molar-refractivity contribution >= 4 is 16.8 Å². The number of nitrogens with two attached hydrogens (primary N) is 1. The van der Waals surface area contributed by atoms with Gasteiger partial charge in [0.2, 0.25) is 0 Å². The standard InChI is InChI=1S/C13H13N5O/c14-7-10-8-3-1-4-9(13(15)19)12(8)17-18(10)11-5-2-6-16-11/h1,3-4,11,16H,2,5-6H2,(H2,15,19). The molecule has 6 heteroatoms. The quantitative estimate of drug-likeness (QED) is 0.832. The van der Waals surface area contributed by atoms with Crippen molar-refractivity contribution in [2.45, 2.75) is 19.0 Å². The van der Waals surface area contributed by atoms with E-state index in [2.05, 4.69) is 16.5 Å². The zero-order chi connectivity index (χ0) is 13.4. The topological polar surface area (TPSA) is 96.7 Å². The van der Waals surface area contributed by atoms with E-state index in [0.29, 0.717) is 22.2 Å². The Kier molecular flexibility index (Phi) is 2.69. The highest BCUT2D eigenvalue weighted by Gasteiger charge is 2.23. The molecule has 3 N–H and O–H groups in total. The van der Waals surface area contributed by atoms with Crippen LogP contribution in [-0.4, -0.2) is 22.2 Å². The molecule has 19 heavy (non-hydrogen) atoms. The highest BCUT2D eigenvalue weighted by molar-refractivity contribution is 6.05. The normalized spacial score (nSPS) is 18.6. The molecule has 0 aliphatic carbocycles. The number of primary amides is 1. The van der Waals surface area contributed by atoms with Gasteiger partial charge >= 0.3 is 0 Å². The molecule has 0 spiro atoms. The molecule has 6 nitrogen and oxygen atoms in total. The number of aromatic nitrogens is 2. The lowest BCUT2D eigenvalue weighted by atomic mass is 10.1. The third kappa shape index (κ3) is 1.75. The molecule has 1 aromatic heterocycles. The van der Waals surface area contributed by atoms with E-state index in [4.69, 9.17) is 5.73 Å². The maximum absolute atomic E-state index is 11.4. The molecule has 1 atom stereocenters. The van der Waals surface area contributed by atoms with Crippen molar-refractivity contribution < 1.29 is 4.79 Å². The van der Waals surface area contributed by atoms with E-state index in [1.54, 1.807) is 22.9 Å². The number of benzene rings is 1. The first kappa shape index (κ1) is 11.7. The number of nitrogens with one attached hydrogen (secondary N) is 1. The maximum Gasteiger partial charge on any atom is 0.250 e. The Labute approximate surface area is 109 Å². The molecule has 1 saturated heterocycles. The van der Waals surface area contributed by atoms with Crippen LogP contribution in [0.4, 0.5) is 0 Å². The van der Waals surface area contributed by atoms with Crippen molar-refractivity contribution in [2.24, 2.45) is 5.73 Å². The Morgan fingerprint density at radius 3 is 3.05 bits per heavy atom. The fourth-order valence-electron chi connectivity index (χ4n) is 2.53. The van der Waals surface area contributed by atoms with Gasteiger partial charge in [-0.05, 0) is 31.5 Å². The summed E-state index contributed by atoms with van der Waals surface area (Å²) in [6, 6.07) is 7.31. The van der Waals surface area contributed by atoms with Crippen molar-refractivity contribution in [2.75, 3.05) is 6.54 Å².